The van der Waals surface area contributed by atoms with Gasteiger partial charge < -0.3 is 4.74 Å². The van der Waals surface area contributed by atoms with Crippen LogP contribution in [0.4, 0.5) is 0 Å². The monoisotopic (exact) mass is 303 g/mol. The molecule has 1 N–H and O–H groups in total. The number of carbonyl (C=O) groups is 1. The topological polar surface area (TPSA) is 92.4 Å². The number of nitrogens with one attached hydrogen (secondary N) is 1. The lowest BCUT2D eigenvalue weighted by Crippen LogP contribution is -2.33. The van der Waals surface area contributed by atoms with Gasteiger partial charge in [0.15, 0.2) is 5.03 Å². The molecule has 1 aromatic rings. The fourth-order valence-electron chi connectivity index (χ4n) is 1.74. The van der Waals surface area contributed by atoms with Gasteiger partial charge >= 0.3 is 5.97 Å². The predicted molar refractivity (Wildman–Crippen MR) is 73.9 cm³/mol. The van der Waals surface area contributed by atoms with Gasteiger partial charge in [-0.3, -0.25) is 5.10 Å². The Hall–Kier alpha value is -1.41. The van der Waals surface area contributed by atoms with Crippen LogP contribution in [0.3, 0.4) is 0 Å². The molecule has 0 amide bonds. The van der Waals surface area contributed by atoms with Crippen LogP contribution < -0.4 is 0 Å². The molecule has 0 saturated heterocycles. The maximum absolute atomic E-state index is 12.5. The van der Waals surface area contributed by atoms with E-state index in [0.29, 0.717) is 13.1 Å². The summed E-state index contributed by atoms with van der Waals surface area (Å²) in [5.41, 5.74) is -0.0539. The van der Waals surface area contributed by atoms with Crippen LogP contribution in [0.1, 0.15) is 44.0 Å². The second-order valence-electron chi connectivity index (χ2n) is 4.18. The summed E-state index contributed by atoms with van der Waals surface area (Å²) in [6, 6.07) is 0. The average molecular weight is 303 g/mol. The summed E-state index contributed by atoms with van der Waals surface area (Å²) in [5, 5.41) is 5.85. The van der Waals surface area contributed by atoms with Crippen molar-refractivity contribution >= 4 is 16.0 Å². The molecule has 8 heteroatoms. The number of hydrogen-bond acceptors (Lipinski definition) is 5. The van der Waals surface area contributed by atoms with Crippen LogP contribution in [0, 0.1) is 0 Å². The number of rotatable bonds is 8. The van der Waals surface area contributed by atoms with Gasteiger partial charge in [-0.05, 0) is 13.3 Å². The Balaban J connectivity index is 3.09. The molecule has 114 valence electrons. The Labute approximate surface area is 119 Å². The van der Waals surface area contributed by atoms with Crippen molar-refractivity contribution in [1.82, 2.24) is 14.5 Å². The van der Waals surface area contributed by atoms with Crippen LogP contribution >= 0.6 is 0 Å². The van der Waals surface area contributed by atoms with Crippen LogP contribution in [0.5, 0.6) is 0 Å². The van der Waals surface area contributed by atoms with Gasteiger partial charge in [-0.2, -0.15) is 9.40 Å². The van der Waals surface area contributed by atoms with E-state index < -0.39 is 16.0 Å². The molecule has 0 aliphatic carbocycles. The number of ether oxygens (including phenoxy) is 1. The first-order valence-electron chi connectivity index (χ1n) is 6.69. The van der Waals surface area contributed by atoms with Crippen LogP contribution in [-0.4, -0.2) is 48.6 Å². The van der Waals surface area contributed by atoms with E-state index in [1.54, 1.807) is 13.8 Å². The van der Waals surface area contributed by atoms with Gasteiger partial charge in [0.05, 0.1) is 12.8 Å². The number of esters is 1. The molecule has 0 aliphatic rings. The number of nitrogens with zero attached hydrogens (tertiary/aromatic N) is 2. The highest BCUT2D eigenvalue weighted by molar-refractivity contribution is 7.89. The maximum atomic E-state index is 12.5. The van der Waals surface area contributed by atoms with Crippen molar-refractivity contribution < 1.29 is 17.9 Å². The fraction of sp³-hybridized carbons (Fsp3) is 0.667. The zero-order chi connectivity index (χ0) is 15.2. The van der Waals surface area contributed by atoms with Gasteiger partial charge in [0, 0.05) is 13.1 Å². The van der Waals surface area contributed by atoms with E-state index in [0.717, 1.165) is 12.8 Å². The third-order valence-electron chi connectivity index (χ3n) is 2.81. The first-order valence-corrected chi connectivity index (χ1v) is 8.13. The highest BCUT2D eigenvalue weighted by Gasteiger charge is 2.30. The van der Waals surface area contributed by atoms with Gasteiger partial charge in [-0.25, -0.2) is 13.2 Å². The number of hydrogen-bond donors (Lipinski definition) is 1. The molecule has 1 aromatic heterocycles. The van der Waals surface area contributed by atoms with Crippen LogP contribution in [0.2, 0.25) is 0 Å². The second-order valence-corrected chi connectivity index (χ2v) is 6.06. The summed E-state index contributed by atoms with van der Waals surface area (Å²) >= 11 is 0. The average Bonchev–Trinajstić information content (AvgIpc) is 2.89. The van der Waals surface area contributed by atoms with Crippen molar-refractivity contribution in [3.8, 4) is 0 Å². The SMILES string of the molecule is CCCCN(CC)S(=O)(=O)c1[nH]ncc1C(=O)OCC. The van der Waals surface area contributed by atoms with Crippen LogP contribution in [0.25, 0.3) is 0 Å². The number of sulfonamides is 1. The Morgan fingerprint density at radius 3 is 2.65 bits per heavy atom. The van der Waals surface area contributed by atoms with E-state index in [1.807, 2.05) is 6.92 Å². The number of unbranched alkanes of at least 4 members (excludes halogenated alkanes) is 1. The van der Waals surface area contributed by atoms with Crippen molar-refractivity contribution in [2.45, 2.75) is 38.6 Å². The van der Waals surface area contributed by atoms with E-state index in [1.165, 1.54) is 10.5 Å². The number of aromatic amines is 1. The van der Waals surface area contributed by atoms with Crippen molar-refractivity contribution in [2.75, 3.05) is 19.7 Å². The van der Waals surface area contributed by atoms with E-state index >= 15 is 0 Å². The molecule has 0 radical (unpaired) electrons. The van der Waals surface area contributed by atoms with Gasteiger partial charge in [0.2, 0.25) is 0 Å². The summed E-state index contributed by atoms with van der Waals surface area (Å²) in [7, 11) is -3.76. The highest BCUT2D eigenvalue weighted by atomic mass is 32.2. The van der Waals surface area contributed by atoms with Gasteiger partial charge in [0.1, 0.15) is 5.56 Å². The quantitative estimate of drug-likeness (QED) is 0.733. The number of aromatic nitrogens is 2. The number of carbonyl (C=O) groups excluding carboxylic acids is 1. The van der Waals surface area contributed by atoms with E-state index in [4.69, 9.17) is 4.74 Å². The highest BCUT2D eigenvalue weighted by Crippen LogP contribution is 2.18. The van der Waals surface area contributed by atoms with Gasteiger partial charge in [0.25, 0.3) is 10.0 Å². The minimum atomic E-state index is -3.76. The lowest BCUT2D eigenvalue weighted by atomic mass is 10.3. The largest absolute Gasteiger partial charge is 0.462 e. The Morgan fingerprint density at radius 1 is 1.40 bits per heavy atom. The van der Waals surface area contributed by atoms with Crippen LogP contribution in [-0.2, 0) is 14.8 Å². The summed E-state index contributed by atoms with van der Waals surface area (Å²) in [5.74, 6) is -0.689. The molecule has 0 spiro atoms. The third kappa shape index (κ3) is 3.57. The maximum Gasteiger partial charge on any atom is 0.342 e. The fourth-order valence-corrected chi connectivity index (χ4v) is 3.29. The van der Waals surface area contributed by atoms with Gasteiger partial charge in [-0.15, -0.1) is 0 Å². The molecule has 0 fully saturated rings. The summed E-state index contributed by atoms with van der Waals surface area (Å²) in [6.07, 6.45) is 2.83. The van der Waals surface area contributed by atoms with Crippen molar-refractivity contribution in [3.05, 3.63) is 11.8 Å². The Bertz CT molecular complexity index is 539. The van der Waals surface area contributed by atoms with E-state index in [-0.39, 0.29) is 17.2 Å². The normalized spacial score (nSPS) is 11.8. The van der Waals surface area contributed by atoms with E-state index in [9.17, 15) is 13.2 Å². The standard InChI is InChI=1S/C12H21N3O4S/c1-4-7-8-15(5-2)20(17,18)11-10(9-13-14-11)12(16)19-6-3/h9H,4-8H2,1-3H3,(H,13,14). The number of H-pyrrole nitrogens is 1. The Kier molecular flexibility index (Phi) is 6.15. The van der Waals surface area contributed by atoms with E-state index in [2.05, 4.69) is 10.2 Å². The zero-order valence-electron chi connectivity index (χ0n) is 12.0. The van der Waals surface area contributed by atoms with Crippen molar-refractivity contribution in [1.29, 1.82) is 0 Å². The zero-order valence-corrected chi connectivity index (χ0v) is 12.9. The molecule has 0 aromatic carbocycles. The molecule has 0 atom stereocenters. The summed E-state index contributed by atoms with van der Waals surface area (Å²) in [6.45, 7) is 6.33. The molecule has 20 heavy (non-hydrogen) atoms. The van der Waals surface area contributed by atoms with Gasteiger partial charge in [-0.1, -0.05) is 20.3 Å². The smallest absolute Gasteiger partial charge is 0.342 e. The lowest BCUT2D eigenvalue weighted by molar-refractivity contribution is 0.0521. The Morgan fingerprint density at radius 2 is 2.10 bits per heavy atom. The molecule has 0 bridgehead atoms. The second kappa shape index (κ2) is 7.39. The summed E-state index contributed by atoms with van der Waals surface area (Å²) in [4.78, 5) is 11.7. The predicted octanol–water partition coefficient (Wildman–Crippen LogP) is 1.40. The third-order valence-corrected chi connectivity index (χ3v) is 4.76. The first-order chi connectivity index (χ1) is 9.48. The lowest BCUT2D eigenvalue weighted by Gasteiger charge is -2.19. The minimum absolute atomic E-state index is 0.0539. The molecule has 7 nitrogen and oxygen atoms in total. The minimum Gasteiger partial charge on any atom is -0.462 e. The molecule has 0 saturated carbocycles. The van der Waals surface area contributed by atoms with Crippen molar-refractivity contribution in [2.24, 2.45) is 0 Å². The molecule has 0 aliphatic heterocycles. The molecule has 1 heterocycles. The molecular formula is C12H21N3O4S. The molecular weight excluding hydrogens is 282 g/mol. The van der Waals surface area contributed by atoms with Crippen molar-refractivity contribution in [3.63, 3.8) is 0 Å². The molecule has 0 unspecified atom stereocenters. The summed E-state index contributed by atoms with van der Waals surface area (Å²) < 4.78 is 31.2. The first kappa shape index (κ1) is 16.6. The van der Waals surface area contributed by atoms with Crippen LogP contribution in [0.15, 0.2) is 11.2 Å². The molecule has 1 rings (SSSR count).